The van der Waals surface area contributed by atoms with Crippen molar-refractivity contribution in [1.82, 2.24) is 4.90 Å². The van der Waals surface area contributed by atoms with Gasteiger partial charge in [0.25, 0.3) is 0 Å². The molecule has 3 heteroatoms. The summed E-state index contributed by atoms with van der Waals surface area (Å²) in [5, 5.41) is 9.22. The third kappa shape index (κ3) is 2.36. The minimum atomic E-state index is -0.786. The number of carbonyl (C=O) groups excluding carboxylic acids is 1. The average Bonchev–Trinajstić information content (AvgIpc) is 2.77. The predicted molar refractivity (Wildman–Crippen MR) is 62.2 cm³/mol. The number of hydrogen-bond acceptors (Lipinski definition) is 2. The summed E-state index contributed by atoms with van der Waals surface area (Å²) in [6.07, 6.45) is 9.43. The Labute approximate surface area is 97.4 Å². The highest BCUT2D eigenvalue weighted by atomic mass is 16.2. The molecule has 3 nitrogen and oxygen atoms in total. The Morgan fingerprint density at radius 3 is 2.56 bits per heavy atom. The Hall–Kier alpha value is -1.48. The molecule has 0 heterocycles. The number of amides is 1. The van der Waals surface area contributed by atoms with E-state index in [2.05, 4.69) is 12.0 Å². The van der Waals surface area contributed by atoms with Gasteiger partial charge < -0.3 is 4.90 Å². The van der Waals surface area contributed by atoms with Gasteiger partial charge in [0, 0.05) is 6.54 Å². The minimum absolute atomic E-state index is 0.0627. The maximum absolute atomic E-state index is 12.3. The molecule has 0 saturated heterocycles. The zero-order chi connectivity index (χ0) is 12.0. The van der Waals surface area contributed by atoms with Crippen molar-refractivity contribution in [3.8, 4) is 18.4 Å². The number of rotatable bonds is 4. The first-order chi connectivity index (χ1) is 7.70. The van der Waals surface area contributed by atoms with Crippen molar-refractivity contribution >= 4 is 5.91 Å². The number of carbonyl (C=O) groups is 1. The van der Waals surface area contributed by atoms with Crippen molar-refractivity contribution < 1.29 is 4.79 Å². The molecule has 16 heavy (non-hydrogen) atoms. The van der Waals surface area contributed by atoms with Gasteiger partial charge in [-0.3, -0.25) is 4.79 Å². The van der Waals surface area contributed by atoms with Crippen LogP contribution in [0.3, 0.4) is 0 Å². The van der Waals surface area contributed by atoms with Gasteiger partial charge in [0.1, 0.15) is 5.41 Å². The highest BCUT2D eigenvalue weighted by Crippen LogP contribution is 2.39. The maximum Gasteiger partial charge on any atom is 0.243 e. The van der Waals surface area contributed by atoms with Gasteiger partial charge in [-0.15, -0.1) is 6.42 Å². The summed E-state index contributed by atoms with van der Waals surface area (Å²) in [6, 6.07) is 2.21. The second-order valence-electron chi connectivity index (χ2n) is 4.33. The van der Waals surface area contributed by atoms with Gasteiger partial charge in [-0.25, -0.2) is 0 Å². The van der Waals surface area contributed by atoms with Crippen LogP contribution in [0.25, 0.3) is 0 Å². The van der Waals surface area contributed by atoms with Gasteiger partial charge in [0.05, 0.1) is 12.6 Å². The molecule has 0 bridgehead atoms. The van der Waals surface area contributed by atoms with Crippen LogP contribution in [0.2, 0.25) is 0 Å². The van der Waals surface area contributed by atoms with Crippen molar-refractivity contribution in [2.75, 3.05) is 13.1 Å². The molecule has 0 aliphatic heterocycles. The molecule has 0 aromatic heterocycles. The molecular weight excluding hydrogens is 200 g/mol. The lowest BCUT2D eigenvalue weighted by atomic mass is 9.86. The van der Waals surface area contributed by atoms with E-state index < -0.39 is 5.41 Å². The molecule has 1 amide bonds. The SMILES string of the molecule is C#CCN(CCC)C(=O)C1(C#N)CCCC1. The summed E-state index contributed by atoms with van der Waals surface area (Å²) in [5.74, 6) is 2.43. The standard InChI is InChI=1S/C13H18N2O/c1-3-9-15(10-4-2)12(16)13(11-14)7-5-6-8-13/h1H,4-10H2,2H3. The molecule has 1 rings (SSSR count). The van der Waals surface area contributed by atoms with E-state index in [1.165, 1.54) is 0 Å². The first-order valence-corrected chi connectivity index (χ1v) is 5.84. The fourth-order valence-electron chi connectivity index (χ4n) is 2.29. The molecule has 0 radical (unpaired) electrons. The molecule has 0 spiro atoms. The van der Waals surface area contributed by atoms with Crippen LogP contribution in [-0.2, 0) is 4.79 Å². The average molecular weight is 218 g/mol. The van der Waals surface area contributed by atoms with Crippen molar-refractivity contribution in [1.29, 1.82) is 5.26 Å². The number of nitriles is 1. The first-order valence-electron chi connectivity index (χ1n) is 5.84. The molecule has 1 saturated carbocycles. The van der Waals surface area contributed by atoms with E-state index in [0.29, 0.717) is 25.9 Å². The Bertz CT molecular complexity index is 329. The predicted octanol–water partition coefficient (Wildman–Crippen LogP) is 1.94. The summed E-state index contributed by atoms with van der Waals surface area (Å²) < 4.78 is 0. The van der Waals surface area contributed by atoms with Gasteiger partial charge in [-0.1, -0.05) is 25.7 Å². The number of terminal acetylenes is 1. The van der Waals surface area contributed by atoms with Crippen molar-refractivity contribution in [3.63, 3.8) is 0 Å². The molecule has 1 aliphatic rings. The molecule has 1 aliphatic carbocycles. The van der Waals surface area contributed by atoms with Gasteiger partial charge in [0.15, 0.2) is 0 Å². The Kier molecular flexibility index (Phi) is 4.38. The van der Waals surface area contributed by atoms with Crippen molar-refractivity contribution in [2.24, 2.45) is 5.41 Å². The van der Waals surface area contributed by atoms with Crippen LogP contribution in [0, 0.1) is 29.1 Å². The van der Waals surface area contributed by atoms with Crippen LogP contribution in [0.1, 0.15) is 39.0 Å². The zero-order valence-electron chi connectivity index (χ0n) is 9.83. The highest BCUT2D eigenvalue weighted by molar-refractivity contribution is 5.86. The molecule has 0 aromatic carbocycles. The lowest BCUT2D eigenvalue weighted by molar-refractivity contribution is -0.138. The van der Waals surface area contributed by atoms with Crippen LogP contribution >= 0.6 is 0 Å². The van der Waals surface area contributed by atoms with Crippen LogP contribution in [-0.4, -0.2) is 23.9 Å². The van der Waals surface area contributed by atoms with Crippen molar-refractivity contribution in [3.05, 3.63) is 0 Å². The number of hydrogen-bond donors (Lipinski definition) is 0. The monoisotopic (exact) mass is 218 g/mol. The van der Waals surface area contributed by atoms with Gasteiger partial charge in [0.2, 0.25) is 5.91 Å². The second-order valence-corrected chi connectivity index (χ2v) is 4.33. The lowest BCUT2D eigenvalue weighted by Gasteiger charge is -2.28. The fourth-order valence-corrected chi connectivity index (χ4v) is 2.29. The molecular formula is C13H18N2O. The Balaban J connectivity index is 2.81. The summed E-state index contributed by atoms with van der Waals surface area (Å²) in [5.41, 5.74) is -0.786. The van der Waals surface area contributed by atoms with Crippen LogP contribution < -0.4 is 0 Å². The molecule has 0 unspecified atom stereocenters. The van der Waals surface area contributed by atoms with E-state index in [4.69, 9.17) is 6.42 Å². The van der Waals surface area contributed by atoms with E-state index in [1.54, 1.807) is 4.90 Å². The van der Waals surface area contributed by atoms with Crippen LogP contribution in [0.5, 0.6) is 0 Å². The molecule has 0 N–H and O–H groups in total. The third-order valence-electron chi connectivity index (χ3n) is 3.14. The zero-order valence-corrected chi connectivity index (χ0v) is 9.83. The molecule has 86 valence electrons. The van der Waals surface area contributed by atoms with E-state index in [-0.39, 0.29) is 5.91 Å². The molecule has 1 fully saturated rings. The topological polar surface area (TPSA) is 44.1 Å². The summed E-state index contributed by atoms with van der Waals surface area (Å²) in [6.45, 7) is 2.97. The Morgan fingerprint density at radius 1 is 1.50 bits per heavy atom. The molecule has 0 aromatic rings. The van der Waals surface area contributed by atoms with E-state index in [0.717, 1.165) is 19.3 Å². The largest absolute Gasteiger partial charge is 0.330 e. The lowest BCUT2D eigenvalue weighted by Crippen LogP contribution is -2.42. The van der Waals surface area contributed by atoms with Crippen molar-refractivity contribution in [2.45, 2.75) is 39.0 Å². The highest BCUT2D eigenvalue weighted by Gasteiger charge is 2.43. The van der Waals surface area contributed by atoms with Crippen LogP contribution in [0.4, 0.5) is 0 Å². The van der Waals surface area contributed by atoms with Gasteiger partial charge >= 0.3 is 0 Å². The van der Waals surface area contributed by atoms with Gasteiger partial charge in [-0.05, 0) is 19.3 Å². The normalized spacial score (nSPS) is 17.4. The Morgan fingerprint density at radius 2 is 2.12 bits per heavy atom. The van der Waals surface area contributed by atoms with Crippen LogP contribution in [0.15, 0.2) is 0 Å². The minimum Gasteiger partial charge on any atom is -0.330 e. The summed E-state index contributed by atoms with van der Waals surface area (Å²) in [4.78, 5) is 13.9. The first kappa shape index (κ1) is 12.6. The molecule has 0 atom stereocenters. The summed E-state index contributed by atoms with van der Waals surface area (Å²) >= 11 is 0. The number of nitrogens with zero attached hydrogens (tertiary/aromatic N) is 2. The fraction of sp³-hybridized carbons (Fsp3) is 0.692. The summed E-state index contributed by atoms with van der Waals surface area (Å²) in [7, 11) is 0. The quantitative estimate of drug-likeness (QED) is 0.677. The smallest absolute Gasteiger partial charge is 0.243 e. The second kappa shape index (κ2) is 5.56. The maximum atomic E-state index is 12.3. The van der Waals surface area contributed by atoms with E-state index >= 15 is 0 Å². The van der Waals surface area contributed by atoms with Gasteiger partial charge in [-0.2, -0.15) is 5.26 Å². The van der Waals surface area contributed by atoms with E-state index in [1.807, 2.05) is 6.92 Å². The van der Waals surface area contributed by atoms with E-state index in [9.17, 15) is 10.1 Å². The third-order valence-corrected chi connectivity index (χ3v) is 3.14.